The summed E-state index contributed by atoms with van der Waals surface area (Å²) >= 11 is 2.93. The first kappa shape index (κ1) is 19.6. The molecule has 2 rings (SSSR count). The number of hydrogen-bond donors (Lipinski definition) is 1. The van der Waals surface area contributed by atoms with Crippen molar-refractivity contribution < 1.29 is 22.0 Å². The van der Waals surface area contributed by atoms with Crippen molar-refractivity contribution in [2.75, 3.05) is 26.2 Å². The van der Waals surface area contributed by atoms with Gasteiger partial charge in [0.05, 0.1) is 6.42 Å². The van der Waals surface area contributed by atoms with E-state index in [1.807, 2.05) is 0 Å². The first-order valence-electron chi connectivity index (χ1n) is 6.44. The van der Waals surface area contributed by atoms with Gasteiger partial charge < -0.3 is 5.32 Å². The van der Waals surface area contributed by atoms with E-state index in [4.69, 9.17) is 0 Å². The van der Waals surface area contributed by atoms with Gasteiger partial charge in [-0.2, -0.15) is 13.2 Å². The third kappa shape index (κ3) is 5.04. The van der Waals surface area contributed by atoms with Gasteiger partial charge in [0.2, 0.25) is 0 Å². The van der Waals surface area contributed by atoms with Crippen molar-refractivity contribution >= 4 is 28.3 Å². The van der Waals surface area contributed by atoms with Crippen LogP contribution in [0.2, 0.25) is 0 Å². The molecule has 1 atom stereocenters. The zero-order valence-corrected chi connectivity index (χ0v) is 13.8. The van der Waals surface area contributed by atoms with Crippen LogP contribution in [0, 0.1) is 11.6 Å². The molecule has 1 aliphatic rings. The van der Waals surface area contributed by atoms with Crippen molar-refractivity contribution in [2.45, 2.75) is 18.6 Å². The molecule has 0 unspecified atom stereocenters. The molecule has 126 valence electrons. The van der Waals surface area contributed by atoms with Gasteiger partial charge in [-0.05, 0) is 12.1 Å². The van der Waals surface area contributed by atoms with Gasteiger partial charge in [0.15, 0.2) is 0 Å². The second-order valence-electron chi connectivity index (χ2n) is 4.90. The average molecular weight is 410 g/mol. The molecule has 0 bridgehead atoms. The molecule has 2 nitrogen and oxygen atoms in total. The molecule has 0 amide bonds. The Balaban J connectivity index is 0.00000242. The molecular weight excluding hydrogens is 395 g/mol. The summed E-state index contributed by atoms with van der Waals surface area (Å²) in [7, 11) is 0. The molecule has 1 N–H and O–H groups in total. The number of hydrogen-bond acceptors (Lipinski definition) is 2. The second kappa shape index (κ2) is 7.90. The number of alkyl halides is 3. The number of rotatable bonds is 3. The molecule has 0 radical (unpaired) electrons. The summed E-state index contributed by atoms with van der Waals surface area (Å²) in [5, 5.41) is 3.00. The lowest BCUT2D eigenvalue weighted by atomic mass is 9.99. The normalized spacial score (nSPS) is 17.9. The Hall–Kier alpha value is -0.440. The predicted molar refractivity (Wildman–Crippen MR) is 79.2 cm³/mol. The standard InChI is InChI=1S/C13H14BrF5N2.ClH/c14-8-5-9(15)12(10(16)6-8)11(7-13(17,18)19)21-3-1-20-2-4-21;/h5-6,11,20H,1-4,7H2;1H/t11-;/m0./s1. The van der Waals surface area contributed by atoms with E-state index in [9.17, 15) is 22.0 Å². The maximum atomic E-state index is 14.0. The van der Waals surface area contributed by atoms with E-state index in [1.165, 1.54) is 4.90 Å². The third-order valence-corrected chi connectivity index (χ3v) is 3.85. The van der Waals surface area contributed by atoms with Gasteiger partial charge in [0, 0.05) is 42.3 Å². The molecule has 1 aromatic rings. The van der Waals surface area contributed by atoms with Crippen LogP contribution in [0.3, 0.4) is 0 Å². The lowest BCUT2D eigenvalue weighted by Crippen LogP contribution is -2.46. The van der Waals surface area contributed by atoms with Crippen LogP contribution in [0.4, 0.5) is 22.0 Å². The van der Waals surface area contributed by atoms with Gasteiger partial charge >= 0.3 is 6.18 Å². The zero-order chi connectivity index (χ0) is 15.6. The molecule has 1 saturated heterocycles. The Morgan fingerprint density at radius 1 is 1.14 bits per heavy atom. The van der Waals surface area contributed by atoms with E-state index < -0.39 is 35.8 Å². The summed E-state index contributed by atoms with van der Waals surface area (Å²) in [6.07, 6.45) is -5.77. The van der Waals surface area contributed by atoms with Crippen LogP contribution in [0.1, 0.15) is 18.0 Å². The summed E-state index contributed by atoms with van der Waals surface area (Å²) in [6, 6.07) is 0.633. The lowest BCUT2D eigenvalue weighted by Gasteiger charge is -2.35. The van der Waals surface area contributed by atoms with Crippen LogP contribution >= 0.6 is 28.3 Å². The highest BCUT2D eigenvalue weighted by Gasteiger charge is 2.38. The monoisotopic (exact) mass is 408 g/mol. The van der Waals surface area contributed by atoms with Gasteiger partial charge in [-0.15, -0.1) is 12.4 Å². The van der Waals surface area contributed by atoms with E-state index in [1.54, 1.807) is 0 Å². The Morgan fingerprint density at radius 3 is 2.09 bits per heavy atom. The van der Waals surface area contributed by atoms with Crippen LogP contribution in [0.25, 0.3) is 0 Å². The predicted octanol–water partition coefficient (Wildman–Crippen LogP) is 4.05. The minimum Gasteiger partial charge on any atom is -0.314 e. The number of piperazine rings is 1. The van der Waals surface area contributed by atoms with Crippen molar-refractivity contribution in [3.63, 3.8) is 0 Å². The molecule has 1 heterocycles. The highest BCUT2D eigenvalue weighted by Crippen LogP contribution is 2.37. The summed E-state index contributed by atoms with van der Waals surface area (Å²) in [5.41, 5.74) is -0.516. The molecule has 0 aromatic heterocycles. The van der Waals surface area contributed by atoms with E-state index in [0.717, 1.165) is 12.1 Å². The molecule has 0 saturated carbocycles. The molecule has 22 heavy (non-hydrogen) atoms. The van der Waals surface area contributed by atoms with Gasteiger partial charge in [-0.3, -0.25) is 4.90 Å². The highest BCUT2D eigenvalue weighted by atomic mass is 79.9. The van der Waals surface area contributed by atoms with Gasteiger partial charge in [0.1, 0.15) is 11.6 Å². The molecule has 1 aliphatic heterocycles. The van der Waals surface area contributed by atoms with Gasteiger partial charge in [0.25, 0.3) is 0 Å². The molecule has 0 aliphatic carbocycles. The maximum absolute atomic E-state index is 14.0. The SMILES string of the molecule is Cl.Fc1cc(Br)cc(F)c1[C@H](CC(F)(F)F)N1CCNCC1. The fourth-order valence-corrected chi connectivity index (χ4v) is 2.90. The molecule has 1 aromatic carbocycles. The van der Waals surface area contributed by atoms with E-state index >= 15 is 0 Å². The second-order valence-corrected chi connectivity index (χ2v) is 5.82. The van der Waals surface area contributed by atoms with Gasteiger partial charge in [-0.25, -0.2) is 8.78 Å². The first-order valence-corrected chi connectivity index (χ1v) is 7.23. The lowest BCUT2D eigenvalue weighted by molar-refractivity contribution is -0.149. The van der Waals surface area contributed by atoms with Crippen LogP contribution in [0.15, 0.2) is 16.6 Å². The smallest absolute Gasteiger partial charge is 0.314 e. The van der Waals surface area contributed by atoms with Crippen molar-refractivity contribution in [1.29, 1.82) is 0 Å². The van der Waals surface area contributed by atoms with Crippen LogP contribution in [0.5, 0.6) is 0 Å². The topological polar surface area (TPSA) is 15.3 Å². The molecule has 1 fully saturated rings. The number of nitrogens with zero attached hydrogens (tertiary/aromatic N) is 1. The molecule has 9 heteroatoms. The summed E-state index contributed by atoms with van der Waals surface area (Å²) in [5.74, 6) is -1.93. The largest absolute Gasteiger partial charge is 0.390 e. The van der Waals surface area contributed by atoms with E-state index in [0.29, 0.717) is 26.2 Å². The maximum Gasteiger partial charge on any atom is 0.390 e. The Morgan fingerprint density at radius 2 is 1.64 bits per heavy atom. The van der Waals surface area contributed by atoms with Crippen molar-refractivity contribution in [3.8, 4) is 0 Å². The van der Waals surface area contributed by atoms with Crippen molar-refractivity contribution in [1.82, 2.24) is 10.2 Å². The van der Waals surface area contributed by atoms with E-state index in [-0.39, 0.29) is 16.9 Å². The highest BCUT2D eigenvalue weighted by molar-refractivity contribution is 9.10. The number of halogens is 7. The minimum absolute atomic E-state index is 0. The Kier molecular flexibility index (Phi) is 7.04. The van der Waals surface area contributed by atoms with Crippen LogP contribution in [-0.4, -0.2) is 37.3 Å². The van der Waals surface area contributed by atoms with Crippen molar-refractivity contribution in [2.24, 2.45) is 0 Å². The first-order chi connectivity index (χ1) is 9.78. The number of nitrogens with one attached hydrogen (secondary N) is 1. The average Bonchev–Trinajstić information content (AvgIpc) is 2.36. The zero-order valence-electron chi connectivity index (χ0n) is 11.4. The third-order valence-electron chi connectivity index (χ3n) is 3.39. The Bertz CT molecular complexity index is 483. The fraction of sp³-hybridized carbons (Fsp3) is 0.538. The summed E-state index contributed by atoms with van der Waals surface area (Å²) in [4.78, 5) is 1.47. The number of benzene rings is 1. The summed E-state index contributed by atoms with van der Waals surface area (Å²) < 4.78 is 66.6. The Labute approximate surface area is 139 Å². The fourth-order valence-electron chi connectivity index (χ4n) is 2.50. The van der Waals surface area contributed by atoms with Crippen LogP contribution < -0.4 is 5.32 Å². The molecular formula is C13H15BrClF5N2. The van der Waals surface area contributed by atoms with E-state index in [2.05, 4.69) is 21.2 Å². The van der Waals surface area contributed by atoms with Gasteiger partial charge in [-0.1, -0.05) is 15.9 Å². The van der Waals surface area contributed by atoms with Crippen LogP contribution in [-0.2, 0) is 0 Å². The minimum atomic E-state index is -4.50. The van der Waals surface area contributed by atoms with Crippen molar-refractivity contribution in [3.05, 3.63) is 33.8 Å². The summed E-state index contributed by atoms with van der Waals surface area (Å²) in [6.45, 7) is 1.62. The quantitative estimate of drug-likeness (QED) is 0.758. The molecule has 0 spiro atoms.